The third kappa shape index (κ3) is 3.75. The molecule has 2 N–H and O–H groups in total. The van der Waals surface area contributed by atoms with E-state index < -0.39 is 58.5 Å². The lowest BCUT2D eigenvalue weighted by atomic mass is 9.76. The lowest BCUT2D eigenvalue weighted by molar-refractivity contribution is -0.148. The molecule has 0 bridgehead atoms. The fourth-order valence-electron chi connectivity index (χ4n) is 5.21. The van der Waals surface area contributed by atoms with Gasteiger partial charge < -0.3 is 5.11 Å². The number of rotatable bonds is 5. The van der Waals surface area contributed by atoms with Gasteiger partial charge in [-0.05, 0) is 35.4 Å². The van der Waals surface area contributed by atoms with Gasteiger partial charge in [-0.3, -0.25) is 19.7 Å². The van der Waals surface area contributed by atoms with Crippen molar-refractivity contribution >= 4 is 39.4 Å². The Balaban J connectivity index is 1.67. The summed E-state index contributed by atoms with van der Waals surface area (Å²) in [5, 5.41) is 13.6. The molecule has 9 heteroatoms. The van der Waals surface area contributed by atoms with E-state index >= 15 is 0 Å². The van der Waals surface area contributed by atoms with Crippen LogP contribution in [0.1, 0.15) is 17.2 Å². The van der Waals surface area contributed by atoms with Crippen LogP contribution in [0.2, 0.25) is 0 Å². The SMILES string of the molecule is O=C1[C@H]2[C@@H](c3ccc(Br)cc3)N[C@@](Cc3ccccc3)(C(=O)O)[C@H]2C(=O)N1c1ccc(F)cc1F. The van der Waals surface area contributed by atoms with Crippen molar-refractivity contribution in [3.63, 3.8) is 0 Å². The van der Waals surface area contributed by atoms with Gasteiger partial charge in [0.05, 0.1) is 17.5 Å². The predicted octanol–water partition coefficient (Wildman–Crippen LogP) is 4.24. The van der Waals surface area contributed by atoms with E-state index in [1.165, 1.54) is 0 Å². The maximum Gasteiger partial charge on any atom is 0.325 e. The minimum absolute atomic E-state index is 0.0733. The first-order valence-electron chi connectivity index (χ1n) is 10.9. The molecule has 2 amide bonds. The highest BCUT2D eigenvalue weighted by molar-refractivity contribution is 9.10. The third-order valence-electron chi connectivity index (χ3n) is 6.74. The number of nitrogens with zero attached hydrogens (tertiary/aromatic N) is 1. The molecular formula is C26H19BrF2N2O4. The number of carbonyl (C=O) groups excluding carboxylic acids is 2. The summed E-state index contributed by atoms with van der Waals surface area (Å²) in [5.74, 6) is -7.22. The van der Waals surface area contributed by atoms with Crippen molar-refractivity contribution in [2.75, 3.05) is 4.90 Å². The van der Waals surface area contributed by atoms with Crippen LogP contribution >= 0.6 is 15.9 Å². The van der Waals surface area contributed by atoms with E-state index in [-0.39, 0.29) is 6.42 Å². The standard InChI is InChI=1S/C26H19BrF2N2O4/c27-16-8-6-15(7-9-16)22-20-21(26(30-22,25(34)35)13-14-4-2-1-3-5-14)24(33)31(23(20)32)19-11-10-17(28)12-18(19)29/h1-12,20-22,30H,13H2,(H,34,35)/t20-,21-,22-,26-/m1/s1. The molecule has 35 heavy (non-hydrogen) atoms. The second-order valence-corrected chi connectivity index (χ2v) is 9.64. The maximum absolute atomic E-state index is 14.7. The number of nitrogens with one attached hydrogen (secondary N) is 1. The molecule has 178 valence electrons. The number of aliphatic carboxylic acids is 1. The topological polar surface area (TPSA) is 86.7 Å². The minimum Gasteiger partial charge on any atom is -0.480 e. The van der Waals surface area contributed by atoms with Crippen LogP contribution in [0, 0.1) is 23.5 Å². The van der Waals surface area contributed by atoms with E-state index in [9.17, 15) is 28.3 Å². The number of hydrogen-bond donors (Lipinski definition) is 2. The molecule has 0 radical (unpaired) electrons. The molecule has 2 saturated heterocycles. The summed E-state index contributed by atoms with van der Waals surface area (Å²) in [7, 11) is 0. The molecule has 0 aromatic heterocycles. The van der Waals surface area contributed by atoms with E-state index in [0.717, 1.165) is 16.6 Å². The second kappa shape index (κ2) is 8.66. The van der Waals surface area contributed by atoms with Crippen molar-refractivity contribution in [3.8, 4) is 0 Å². The summed E-state index contributed by atoms with van der Waals surface area (Å²) in [5.41, 5.74) is -0.961. The van der Waals surface area contributed by atoms with Crippen LogP contribution in [-0.2, 0) is 20.8 Å². The van der Waals surface area contributed by atoms with Gasteiger partial charge in [0.1, 0.15) is 17.2 Å². The lowest BCUT2D eigenvalue weighted by Crippen LogP contribution is -2.57. The molecule has 2 fully saturated rings. The number of anilines is 1. The summed E-state index contributed by atoms with van der Waals surface area (Å²) in [4.78, 5) is 40.9. The number of imide groups is 1. The quantitative estimate of drug-likeness (QED) is 0.472. The van der Waals surface area contributed by atoms with Crippen molar-refractivity contribution < 1.29 is 28.3 Å². The van der Waals surface area contributed by atoms with Crippen molar-refractivity contribution in [1.82, 2.24) is 5.32 Å². The second-order valence-electron chi connectivity index (χ2n) is 8.72. The highest BCUT2D eigenvalue weighted by Crippen LogP contribution is 2.51. The summed E-state index contributed by atoms with van der Waals surface area (Å²) in [6, 6.07) is 17.5. The molecule has 5 rings (SSSR count). The van der Waals surface area contributed by atoms with Gasteiger partial charge in [0.25, 0.3) is 0 Å². The van der Waals surface area contributed by atoms with Gasteiger partial charge in [-0.25, -0.2) is 13.7 Å². The first-order valence-corrected chi connectivity index (χ1v) is 11.7. The van der Waals surface area contributed by atoms with Crippen LogP contribution in [0.4, 0.5) is 14.5 Å². The number of carboxylic acids is 1. The summed E-state index contributed by atoms with van der Waals surface area (Å²) in [6.07, 6.45) is -0.0733. The van der Waals surface area contributed by atoms with Crippen LogP contribution in [-0.4, -0.2) is 28.4 Å². The van der Waals surface area contributed by atoms with Gasteiger partial charge in [-0.15, -0.1) is 0 Å². The van der Waals surface area contributed by atoms with E-state index in [2.05, 4.69) is 21.2 Å². The van der Waals surface area contributed by atoms with Crippen LogP contribution in [0.3, 0.4) is 0 Å². The molecule has 0 unspecified atom stereocenters. The van der Waals surface area contributed by atoms with Gasteiger partial charge in [-0.1, -0.05) is 58.4 Å². The fourth-order valence-corrected chi connectivity index (χ4v) is 5.48. The molecule has 0 saturated carbocycles. The van der Waals surface area contributed by atoms with Crippen molar-refractivity contribution in [3.05, 3.63) is 100 Å². The van der Waals surface area contributed by atoms with Crippen LogP contribution in [0.5, 0.6) is 0 Å². The molecular weight excluding hydrogens is 522 g/mol. The minimum atomic E-state index is -1.83. The third-order valence-corrected chi connectivity index (χ3v) is 7.27. The average Bonchev–Trinajstić information content (AvgIpc) is 3.30. The Hall–Kier alpha value is -3.43. The maximum atomic E-state index is 14.7. The van der Waals surface area contributed by atoms with Crippen LogP contribution in [0.25, 0.3) is 0 Å². The number of benzene rings is 3. The zero-order valence-corrected chi connectivity index (χ0v) is 19.7. The van der Waals surface area contributed by atoms with Crippen molar-refractivity contribution in [2.45, 2.75) is 18.0 Å². The Kier molecular flexibility index (Phi) is 5.77. The van der Waals surface area contributed by atoms with Gasteiger partial charge in [0, 0.05) is 23.0 Å². The fraction of sp³-hybridized carbons (Fsp3) is 0.192. The zero-order chi connectivity index (χ0) is 24.9. The zero-order valence-electron chi connectivity index (χ0n) is 18.1. The van der Waals surface area contributed by atoms with E-state index in [0.29, 0.717) is 22.1 Å². The van der Waals surface area contributed by atoms with E-state index in [4.69, 9.17) is 0 Å². The molecule has 2 aliphatic rings. The highest BCUT2D eigenvalue weighted by Gasteiger charge is 2.68. The molecule has 0 aliphatic carbocycles. The van der Waals surface area contributed by atoms with Crippen LogP contribution in [0.15, 0.2) is 77.3 Å². The molecule has 0 spiro atoms. The highest BCUT2D eigenvalue weighted by atomic mass is 79.9. The number of carbonyl (C=O) groups is 3. The number of fused-ring (bicyclic) bond motifs is 1. The first-order chi connectivity index (χ1) is 16.7. The largest absolute Gasteiger partial charge is 0.480 e. The number of halogens is 3. The monoisotopic (exact) mass is 540 g/mol. The molecule has 6 nitrogen and oxygen atoms in total. The Labute approximate surface area is 207 Å². The summed E-state index contributed by atoms with van der Waals surface area (Å²) < 4.78 is 29.0. The lowest BCUT2D eigenvalue weighted by Gasteiger charge is -2.31. The van der Waals surface area contributed by atoms with Gasteiger partial charge in [-0.2, -0.15) is 0 Å². The first kappa shape index (κ1) is 23.3. The Morgan fingerprint density at radius 3 is 2.31 bits per heavy atom. The Bertz CT molecular complexity index is 1330. The van der Waals surface area contributed by atoms with E-state index in [1.807, 2.05) is 0 Å². The number of amides is 2. The van der Waals surface area contributed by atoms with Crippen molar-refractivity contribution in [1.29, 1.82) is 0 Å². The number of hydrogen-bond acceptors (Lipinski definition) is 4. The molecule has 2 aliphatic heterocycles. The Morgan fingerprint density at radius 2 is 1.69 bits per heavy atom. The van der Waals surface area contributed by atoms with Gasteiger partial charge >= 0.3 is 5.97 Å². The van der Waals surface area contributed by atoms with E-state index in [1.54, 1.807) is 54.6 Å². The van der Waals surface area contributed by atoms with Gasteiger partial charge in [0.15, 0.2) is 0 Å². The molecule has 3 aromatic carbocycles. The molecule has 4 atom stereocenters. The number of carboxylic acid groups (broad SMARTS) is 1. The van der Waals surface area contributed by atoms with Crippen molar-refractivity contribution in [2.24, 2.45) is 11.8 Å². The van der Waals surface area contributed by atoms with Crippen LogP contribution < -0.4 is 10.2 Å². The molecule has 3 aromatic rings. The normalized spacial score (nSPS) is 25.7. The van der Waals surface area contributed by atoms with Gasteiger partial charge in [0.2, 0.25) is 11.8 Å². The summed E-state index contributed by atoms with van der Waals surface area (Å²) >= 11 is 3.36. The predicted molar refractivity (Wildman–Crippen MR) is 126 cm³/mol. The molecule has 2 heterocycles. The average molecular weight is 541 g/mol. The Morgan fingerprint density at radius 1 is 1.00 bits per heavy atom. The smallest absolute Gasteiger partial charge is 0.325 e. The summed E-state index contributed by atoms with van der Waals surface area (Å²) in [6.45, 7) is 0.